The van der Waals surface area contributed by atoms with Gasteiger partial charge in [0.1, 0.15) is 6.54 Å². The molecule has 4 heteroatoms. The highest BCUT2D eigenvalue weighted by molar-refractivity contribution is 7.10. The van der Waals surface area contributed by atoms with Crippen molar-refractivity contribution in [1.82, 2.24) is 0 Å². The number of nitrogens with zero attached hydrogens (tertiary/aromatic N) is 2. The van der Waals surface area contributed by atoms with Crippen molar-refractivity contribution in [3.8, 4) is 0 Å². The van der Waals surface area contributed by atoms with Crippen molar-refractivity contribution in [2.45, 2.75) is 26.8 Å². The van der Waals surface area contributed by atoms with Crippen molar-refractivity contribution in [1.29, 1.82) is 0 Å². The van der Waals surface area contributed by atoms with Crippen molar-refractivity contribution in [3.05, 3.63) is 45.9 Å². The molecule has 0 spiro atoms. The molecule has 0 atom stereocenters. The van der Waals surface area contributed by atoms with E-state index in [2.05, 4.69) is 79.2 Å². The fraction of sp³-hybridized carbons (Fsp3) is 0.353. The standard InChI is InChI=1S/C17H23N2S.HI/c1-5-12-19-14(2)13-20-17(19)11-8-15-6-9-16(10-7-15)18(3)4;/h6-11,13H,5,12H2,1-4H3;1H/q+1;/p-1. The van der Waals surface area contributed by atoms with Gasteiger partial charge in [-0.05, 0) is 23.8 Å². The first-order valence-electron chi connectivity index (χ1n) is 7.05. The summed E-state index contributed by atoms with van der Waals surface area (Å²) in [4.78, 5) is 2.12. The fourth-order valence-electron chi connectivity index (χ4n) is 2.14. The van der Waals surface area contributed by atoms with E-state index in [-0.39, 0.29) is 24.0 Å². The van der Waals surface area contributed by atoms with Gasteiger partial charge in [-0.2, -0.15) is 4.57 Å². The summed E-state index contributed by atoms with van der Waals surface area (Å²) in [5, 5.41) is 3.55. The lowest BCUT2D eigenvalue weighted by atomic mass is 10.2. The molecule has 0 bridgehead atoms. The fourth-order valence-corrected chi connectivity index (χ4v) is 3.06. The molecule has 2 aromatic rings. The predicted molar refractivity (Wildman–Crippen MR) is 89.2 cm³/mol. The van der Waals surface area contributed by atoms with Crippen LogP contribution in [0.5, 0.6) is 0 Å². The third-order valence-electron chi connectivity index (χ3n) is 3.32. The molecule has 2 nitrogen and oxygen atoms in total. The number of anilines is 1. The zero-order valence-electron chi connectivity index (χ0n) is 13.1. The number of hydrogen-bond donors (Lipinski definition) is 0. The number of benzene rings is 1. The van der Waals surface area contributed by atoms with Crippen LogP contribution in [0.2, 0.25) is 0 Å². The van der Waals surface area contributed by atoms with Crippen LogP contribution in [0.4, 0.5) is 5.69 Å². The van der Waals surface area contributed by atoms with Gasteiger partial charge in [0.2, 0.25) is 0 Å². The molecule has 2 rings (SSSR count). The molecule has 0 saturated heterocycles. The predicted octanol–water partition coefficient (Wildman–Crippen LogP) is 0.994. The van der Waals surface area contributed by atoms with E-state index in [0.717, 1.165) is 6.54 Å². The normalized spacial score (nSPS) is 10.7. The summed E-state index contributed by atoms with van der Waals surface area (Å²) in [6.07, 6.45) is 5.58. The summed E-state index contributed by atoms with van der Waals surface area (Å²) >= 11 is 1.81. The van der Waals surface area contributed by atoms with Gasteiger partial charge in [0.25, 0.3) is 5.01 Å². The van der Waals surface area contributed by atoms with E-state index >= 15 is 0 Å². The Kier molecular flexibility index (Phi) is 7.39. The van der Waals surface area contributed by atoms with E-state index in [0.29, 0.717) is 0 Å². The van der Waals surface area contributed by atoms with Gasteiger partial charge in [-0.1, -0.05) is 30.4 Å². The first kappa shape index (κ1) is 18.2. The second kappa shape index (κ2) is 8.54. The quantitative estimate of drug-likeness (QED) is 0.523. The summed E-state index contributed by atoms with van der Waals surface area (Å²) in [6.45, 7) is 5.49. The van der Waals surface area contributed by atoms with Crippen molar-refractivity contribution in [2.24, 2.45) is 0 Å². The topological polar surface area (TPSA) is 7.12 Å². The summed E-state index contributed by atoms with van der Waals surface area (Å²) in [7, 11) is 4.12. The Hall–Kier alpha value is -0.880. The lowest BCUT2D eigenvalue weighted by Gasteiger charge is -2.11. The van der Waals surface area contributed by atoms with E-state index in [1.807, 2.05) is 11.3 Å². The molecule has 0 radical (unpaired) electrons. The molecule has 114 valence electrons. The Balaban J connectivity index is 0.00000220. The largest absolute Gasteiger partial charge is 1.00 e. The molecule has 0 aliphatic heterocycles. The molecule has 0 aliphatic rings. The molecule has 0 amide bonds. The molecule has 0 N–H and O–H groups in total. The molecule has 0 saturated carbocycles. The highest BCUT2D eigenvalue weighted by atomic mass is 127. The molecule has 0 unspecified atom stereocenters. The second-order valence-electron chi connectivity index (χ2n) is 5.19. The van der Waals surface area contributed by atoms with Crippen molar-refractivity contribution in [2.75, 3.05) is 19.0 Å². The van der Waals surface area contributed by atoms with E-state index in [4.69, 9.17) is 0 Å². The number of rotatable bonds is 5. The molecule has 21 heavy (non-hydrogen) atoms. The van der Waals surface area contributed by atoms with E-state index in [1.165, 1.54) is 28.4 Å². The molecule has 1 aromatic carbocycles. The minimum Gasteiger partial charge on any atom is -1.00 e. The molecular formula is C17H23IN2S. The lowest BCUT2D eigenvalue weighted by Crippen LogP contribution is -3.00. The summed E-state index contributed by atoms with van der Waals surface area (Å²) in [5.41, 5.74) is 3.82. The average molecular weight is 414 g/mol. The van der Waals surface area contributed by atoms with Crippen molar-refractivity contribution in [3.63, 3.8) is 0 Å². The Labute approximate surface area is 149 Å². The van der Waals surface area contributed by atoms with Crippen LogP contribution >= 0.6 is 11.3 Å². The van der Waals surface area contributed by atoms with Gasteiger partial charge in [0, 0.05) is 39.2 Å². The van der Waals surface area contributed by atoms with Gasteiger partial charge in [-0.15, -0.1) is 0 Å². The van der Waals surface area contributed by atoms with Crippen LogP contribution in [0.3, 0.4) is 0 Å². The van der Waals surface area contributed by atoms with E-state index < -0.39 is 0 Å². The van der Waals surface area contributed by atoms with E-state index in [1.54, 1.807) is 0 Å². The van der Waals surface area contributed by atoms with Gasteiger partial charge in [0.15, 0.2) is 5.69 Å². The Morgan fingerprint density at radius 3 is 2.38 bits per heavy atom. The van der Waals surface area contributed by atoms with Gasteiger partial charge >= 0.3 is 0 Å². The smallest absolute Gasteiger partial charge is 0.261 e. The average Bonchev–Trinajstić information content (AvgIpc) is 2.79. The van der Waals surface area contributed by atoms with E-state index in [9.17, 15) is 0 Å². The number of thiazole rings is 1. The maximum Gasteiger partial charge on any atom is 0.261 e. The van der Waals surface area contributed by atoms with Crippen LogP contribution in [0.1, 0.15) is 29.6 Å². The lowest BCUT2D eigenvalue weighted by molar-refractivity contribution is -0.699. The van der Waals surface area contributed by atoms with Crippen LogP contribution in [0, 0.1) is 6.92 Å². The molecule has 1 aromatic heterocycles. The zero-order valence-corrected chi connectivity index (χ0v) is 16.1. The van der Waals surface area contributed by atoms with Gasteiger partial charge in [-0.3, -0.25) is 0 Å². The number of hydrogen-bond acceptors (Lipinski definition) is 2. The summed E-state index contributed by atoms with van der Waals surface area (Å²) in [6, 6.07) is 8.63. The van der Waals surface area contributed by atoms with Crippen LogP contribution < -0.4 is 33.4 Å². The SMILES string of the molecule is CCC[n+]1c(C)csc1/C=C/c1ccc(N(C)C)cc1.[I-]. The Bertz CT molecular complexity index is 585. The van der Waals surface area contributed by atoms with Gasteiger partial charge in [-0.25, -0.2) is 0 Å². The van der Waals surface area contributed by atoms with Crippen LogP contribution in [-0.2, 0) is 6.54 Å². The van der Waals surface area contributed by atoms with Crippen LogP contribution in [0.25, 0.3) is 12.2 Å². The maximum absolute atomic E-state index is 2.38. The third-order valence-corrected chi connectivity index (χ3v) is 4.37. The monoisotopic (exact) mass is 414 g/mol. The number of aryl methyl sites for hydroxylation is 1. The number of halogens is 1. The molecule has 0 aliphatic carbocycles. The highest BCUT2D eigenvalue weighted by Gasteiger charge is 2.13. The zero-order chi connectivity index (χ0) is 14.5. The Morgan fingerprint density at radius 1 is 1.14 bits per heavy atom. The third kappa shape index (κ3) is 4.81. The van der Waals surface area contributed by atoms with Gasteiger partial charge in [0.05, 0.1) is 5.38 Å². The second-order valence-corrected chi connectivity index (χ2v) is 6.08. The highest BCUT2D eigenvalue weighted by Crippen LogP contribution is 2.15. The minimum atomic E-state index is 0. The molecular weight excluding hydrogens is 391 g/mol. The minimum absolute atomic E-state index is 0. The summed E-state index contributed by atoms with van der Waals surface area (Å²) in [5.74, 6) is 0. The molecule has 0 fully saturated rings. The maximum atomic E-state index is 2.38. The number of aromatic nitrogens is 1. The van der Waals surface area contributed by atoms with Crippen molar-refractivity contribution >= 4 is 29.2 Å². The van der Waals surface area contributed by atoms with Crippen molar-refractivity contribution < 1.29 is 28.5 Å². The summed E-state index contributed by atoms with van der Waals surface area (Å²) < 4.78 is 2.38. The van der Waals surface area contributed by atoms with Crippen LogP contribution in [0.15, 0.2) is 29.6 Å². The molecule has 1 heterocycles. The first-order valence-corrected chi connectivity index (χ1v) is 7.93. The first-order chi connectivity index (χ1) is 9.61. The van der Waals surface area contributed by atoms with Crippen LogP contribution in [-0.4, -0.2) is 14.1 Å². The van der Waals surface area contributed by atoms with Gasteiger partial charge < -0.3 is 28.9 Å². The Morgan fingerprint density at radius 2 is 1.81 bits per heavy atom.